The SMILES string of the molecule is COCCC(C)(O)CNC(=O)/C=C/c1cc(Cl)ccc1Cl. The van der Waals surface area contributed by atoms with Gasteiger partial charge in [-0.05, 0) is 36.8 Å². The zero-order valence-corrected chi connectivity index (χ0v) is 13.5. The number of carbonyl (C=O) groups excluding carboxylic acids is 1. The van der Waals surface area contributed by atoms with Crippen molar-refractivity contribution in [1.82, 2.24) is 5.32 Å². The molecular formula is C15H19Cl2NO3. The Labute approximate surface area is 134 Å². The molecule has 0 saturated heterocycles. The Balaban J connectivity index is 2.53. The minimum atomic E-state index is -1.01. The molecule has 0 aliphatic rings. The van der Waals surface area contributed by atoms with Crippen LogP contribution < -0.4 is 5.32 Å². The second-order valence-corrected chi connectivity index (χ2v) is 5.80. The first-order chi connectivity index (χ1) is 9.84. The fourth-order valence-electron chi connectivity index (χ4n) is 1.55. The molecule has 2 N–H and O–H groups in total. The van der Waals surface area contributed by atoms with E-state index in [2.05, 4.69) is 5.32 Å². The summed E-state index contributed by atoms with van der Waals surface area (Å²) in [5, 5.41) is 13.7. The maximum atomic E-state index is 11.7. The van der Waals surface area contributed by atoms with E-state index in [9.17, 15) is 9.90 Å². The molecule has 21 heavy (non-hydrogen) atoms. The molecule has 0 saturated carbocycles. The molecule has 1 aromatic carbocycles. The van der Waals surface area contributed by atoms with E-state index >= 15 is 0 Å². The average Bonchev–Trinajstić information content (AvgIpc) is 2.44. The minimum absolute atomic E-state index is 0.142. The summed E-state index contributed by atoms with van der Waals surface area (Å²) < 4.78 is 4.90. The number of hydrogen-bond donors (Lipinski definition) is 2. The predicted octanol–water partition coefficient (Wildman–Crippen LogP) is 2.91. The third kappa shape index (κ3) is 6.96. The Morgan fingerprint density at radius 2 is 2.19 bits per heavy atom. The number of ether oxygens (including phenoxy) is 1. The van der Waals surface area contributed by atoms with E-state index in [4.69, 9.17) is 27.9 Å². The number of nitrogens with one attached hydrogen (secondary N) is 1. The number of aliphatic hydroxyl groups is 1. The van der Waals surface area contributed by atoms with Gasteiger partial charge in [0.15, 0.2) is 0 Å². The molecule has 0 spiro atoms. The van der Waals surface area contributed by atoms with Crippen LogP contribution in [-0.4, -0.2) is 36.9 Å². The molecule has 1 unspecified atom stereocenters. The van der Waals surface area contributed by atoms with Crippen molar-refractivity contribution >= 4 is 35.2 Å². The summed E-state index contributed by atoms with van der Waals surface area (Å²) in [5.41, 5.74) is -0.349. The number of amides is 1. The number of benzene rings is 1. The molecule has 0 aliphatic heterocycles. The van der Waals surface area contributed by atoms with Crippen LogP contribution in [0.4, 0.5) is 0 Å². The van der Waals surface area contributed by atoms with Crippen LogP contribution in [0.15, 0.2) is 24.3 Å². The summed E-state index contributed by atoms with van der Waals surface area (Å²) in [6.07, 6.45) is 3.37. The van der Waals surface area contributed by atoms with Crippen LogP contribution in [0.1, 0.15) is 18.9 Å². The van der Waals surface area contributed by atoms with Gasteiger partial charge in [-0.25, -0.2) is 0 Å². The highest BCUT2D eigenvalue weighted by atomic mass is 35.5. The third-order valence-electron chi connectivity index (χ3n) is 2.86. The van der Waals surface area contributed by atoms with Gasteiger partial charge in [0, 0.05) is 42.8 Å². The fourth-order valence-corrected chi connectivity index (χ4v) is 1.92. The average molecular weight is 332 g/mol. The number of methoxy groups -OCH3 is 1. The minimum Gasteiger partial charge on any atom is -0.388 e. The van der Waals surface area contributed by atoms with Crippen LogP contribution >= 0.6 is 23.2 Å². The van der Waals surface area contributed by atoms with Crippen LogP contribution in [0.3, 0.4) is 0 Å². The number of hydrogen-bond acceptors (Lipinski definition) is 3. The van der Waals surface area contributed by atoms with Gasteiger partial charge in [0.2, 0.25) is 5.91 Å². The second kappa shape index (κ2) is 8.39. The van der Waals surface area contributed by atoms with Crippen molar-refractivity contribution in [2.24, 2.45) is 0 Å². The molecule has 1 aromatic rings. The van der Waals surface area contributed by atoms with E-state index in [-0.39, 0.29) is 12.5 Å². The van der Waals surface area contributed by atoms with Gasteiger partial charge in [0.25, 0.3) is 0 Å². The van der Waals surface area contributed by atoms with Crippen molar-refractivity contribution in [2.45, 2.75) is 18.9 Å². The van der Waals surface area contributed by atoms with Gasteiger partial charge in [-0.2, -0.15) is 0 Å². The Morgan fingerprint density at radius 3 is 2.86 bits per heavy atom. The molecule has 0 aromatic heterocycles. The molecule has 0 bridgehead atoms. The van der Waals surface area contributed by atoms with E-state index in [1.54, 1.807) is 38.3 Å². The maximum Gasteiger partial charge on any atom is 0.244 e. The van der Waals surface area contributed by atoms with Gasteiger partial charge in [-0.1, -0.05) is 23.2 Å². The van der Waals surface area contributed by atoms with Crippen LogP contribution in [0.2, 0.25) is 10.0 Å². The summed E-state index contributed by atoms with van der Waals surface area (Å²) in [6, 6.07) is 5.01. The lowest BCUT2D eigenvalue weighted by Crippen LogP contribution is -2.40. The van der Waals surface area contributed by atoms with Crippen molar-refractivity contribution < 1.29 is 14.6 Å². The summed E-state index contributed by atoms with van der Waals surface area (Å²) >= 11 is 11.9. The molecule has 1 atom stereocenters. The van der Waals surface area contributed by atoms with E-state index in [1.165, 1.54) is 6.08 Å². The Kier molecular flexibility index (Phi) is 7.18. The van der Waals surface area contributed by atoms with Gasteiger partial charge < -0.3 is 15.2 Å². The molecule has 1 rings (SSSR count). The van der Waals surface area contributed by atoms with Gasteiger partial charge in [-0.3, -0.25) is 4.79 Å². The lowest BCUT2D eigenvalue weighted by Gasteiger charge is -2.22. The van der Waals surface area contributed by atoms with E-state index < -0.39 is 5.60 Å². The topological polar surface area (TPSA) is 58.6 Å². The molecule has 0 aliphatic carbocycles. The predicted molar refractivity (Wildman–Crippen MR) is 85.6 cm³/mol. The van der Waals surface area contributed by atoms with Crippen LogP contribution in [0, 0.1) is 0 Å². The highest BCUT2D eigenvalue weighted by molar-refractivity contribution is 6.34. The zero-order chi connectivity index (χ0) is 15.9. The Bertz CT molecular complexity index is 516. The maximum absolute atomic E-state index is 11.7. The van der Waals surface area contributed by atoms with Crippen molar-refractivity contribution in [3.05, 3.63) is 39.9 Å². The highest BCUT2D eigenvalue weighted by Gasteiger charge is 2.20. The van der Waals surface area contributed by atoms with Gasteiger partial charge in [0.05, 0.1) is 5.60 Å². The van der Waals surface area contributed by atoms with Crippen LogP contribution in [0.25, 0.3) is 6.08 Å². The first-order valence-corrected chi connectivity index (χ1v) is 7.22. The molecule has 0 heterocycles. The lowest BCUT2D eigenvalue weighted by molar-refractivity contribution is -0.117. The summed E-state index contributed by atoms with van der Waals surface area (Å²) in [4.78, 5) is 11.7. The summed E-state index contributed by atoms with van der Waals surface area (Å²) in [7, 11) is 1.56. The quantitative estimate of drug-likeness (QED) is 0.755. The van der Waals surface area contributed by atoms with E-state index in [1.807, 2.05) is 0 Å². The van der Waals surface area contributed by atoms with Crippen molar-refractivity contribution in [3.8, 4) is 0 Å². The monoisotopic (exact) mass is 331 g/mol. The van der Waals surface area contributed by atoms with Gasteiger partial charge >= 0.3 is 0 Å². The Morgan fingerprint density at radius 1 is 1.48 bits per heavy atom. The largest absolute Gasteiger partial charge is 0.388 e. The van der Waals surface area contributed by atoms with Crippen LogP contribution in [-0.2, 0) is 9.53 Å². The van der Waals surface area contributed by atoms with Crippen LogP contribution in [0.5, 0.6) is 0 Å². The number of carbonyl (C=O) groups is 1. The van der Waals surface area contributed by atoms with Gasteiger partial charge in [0.1, 0.15) is 0 Å². The van der Waals surface area contributed by atoms with Gasteiger partial charge in [-0.15, -0.1) is 0 Å². The Hall–Kier alpha value is -1.07. The lowest BCUT2D eigenvalue weighted by atomic mass is 10.0. The summed E-state index contributed by atoms with van der Waals surface area (Å²) in [5.74, 6) is -0.316. The number of rotatable bonds is 7. The first kappa shape index (κ1) is 18.0. The van der Waals surface area contributed by atoms with E-state index in [0.29, 0.717) is 28.6 Å². The molecule has 0 fully saturated rings. The fraction of sp³-hybridized carbons (Fsp3) is 0.400. The van der Waals surface area contributed by atoms with Crippen molar-refractivity contribution in [3.63, 3.8) is 0 Å². The normalized spacial score (nSPS) is 14.1. The molecule has 116 valence electrons. The molecule has 1 amide bonds. The molecule has 0 radical (unpaired) electrons. The standard InChI is InChI=1S/C15H19Cl2NO3/c1-15(20,7-8-21-2)10-18-14(19)6-3-11-9-12(16)4-5-13(11)17/h3-6,9,20H,7-8,10H2,1-2H3,(H,18,19)/b6-3+. The zero-order valence-electron chi connectivity index (χ0n) is 12.0. The smallest absolute Gasteiger partial charge is 0.244 e. The summed E-state index contributed by atoms with van der Waals surface area (Å²) in [6.45, 7) is 2.21. The van der Waals surface area contributed by atoms with E-state index in [0.717, 1.165) is 0 Å². The highest BCUT2D eigenvalue weighted by Crippen LogP contribution is 2.21. The molecular weight excluding hydrogens is 313 g/mol. The number of halogens is 2. The first-order valence-electron chi connectivity index (χ1n) is 6.46. The molecule has 4 nitrogen and oxygen atoms in total. The van der Waals surface area contributed by atoms with Crippen molar-refractivity contribution in [1.29, 1.82) is 0 Å². The molecule has 6 heteroatoms. The second-order valence-electron chi connectivity index (χ2n) is 4.96. The third-order valence-corrected chi connectivity index (χ3v) is 3.44. The van der Waals surface area contributed by atoms with Crippen molar-refractivity contribution in [2.75, 3.05) is 20.3 Å².